The van der Waals surface area contributed by atoms with Gasteiger partial charge >= 0.3 is 0 Å². The third kappa shape index (κ3) is 5.64. The normalized spacial score (nSPS) is 12.4. The minimum Gasteiger partial charge on any atom is -0.404 e. The van der Waals surface area contributed by atoms with Crippen molar-refractivity contribution < 1.29 is 9.90 Å². The van der Waals surface area contributed by atoms with Crippen molar-refractivity contribution in [2.45, 2.75) is 53.0 Å². The molecule has 6 heteroatoms. The van der Waals surface area contributed by atoms with E-state index in [2.05, 4.69) is 10.3 Å². The van der Waals surface area contributed by atoms with Gasteiger partial charge in [0.1, 0.15) is 0 Å². The van der Waals surface area contributed by atoms with E-state index in [0.29, 0.717) is 24.0 Å². The molecule has 0 amide bonds. The van der Waals surface area contributed by atoms with E-state index in [-0.39, 0.29) is 23.8 Å². The Kier molecular flexibility index (Phi) is 7.51. The third-order valence-corrected chi connectivity index (χ3v) is 4.96. The van der Waals surface area contributed by atoms with Crippen molar-refractivity contribution in [3.05, 3.63) is 41.7 Å². The number of anilines is 1. The summed E-state index contributed by atoms with van der Waals surface area (Å²) < 4.78 is 0. The first-order chi connectivity index (χ1) is 13.7. The van der Waals surface area contributed by atoms with Gasteiger partial charge in [-0.15, -0.1) is 0 Å². The van der Waals surface area contributed by atoms with Crippen LogP contribution in [0.3, 0.4) is 0 Å². The Balaban J connectivity index is 2.45. The molecule has 0 bridgehead atoms. The summed E-state index contributed by atoms with van der Waals surface area (Å²) >= 11 is 0. The fourth-order valence-corrected chi connectivity index (χ4v) is 3.20. The Labute approximate surface area is 172 Å². The van der Waals surface area contributed by atoms with Crippen LogP contribution < -0.4 is 11.1 Å². The van der Waals surface area contributed by atoms with Gasteiger partial charge in [0.05, 0.1) is 16.8 Å². The van der Waals surface area contributed by atoms with Crippen LogP contribution in [-0.4, -0.2) is 34.7 Å². The molecule has 0 fully saturated rings. The number of nitrogens with one attached hydrogen (secondary N) is 2. The zero-order chi connectivity index (χ0) is 21.6. The molecule has 0 spiro atoms. The molecule has 1 aromatic carbocycles. The zero-order valence-corrected chi connectivity index (χ0v) is 17.7. The summed E-state index contributed by atoms with van der Waals surface area (Å²) in [6.45, 7) is 8.14. The molecule has 0 atom stereocenters. The molecule has 6 nitrogen and oxygen atoms in total. The highest BCUT2D eigenvalue weighted by molar-refractivity contribution is 6.12. The van der Waals surface area contributed by atoms with Gasteiger partial charge in [-0.3, -0.25) is 9.78 Å². The van der Waals surface area contributed by atoms with Crippen LogP contribution in [0.5, 0.6) is 0 Å². The average molecular weight is 397 g/mol. The molecule has 1 heterocycles. The van der Waals surface area contributed by atoms with Crippen LogP contribution in [0.4, 0.5) is 5.69 Å². The number of Topliss-reactive ketones (excluding diaryl/α,β-unsaturated/α-hetero) is 1. The minimum atomic E-state index is -0.187. The molecule has 0 saturated heterocycles. The number of hydrogen-bond donors (Lipinski definition) is 4. The smallest absolute Gasteiger partial charge is 0.166 e. The lowest BCUT2D eigenvalue weighted by Crippen LogP contribution is -2.17. The standard InChI is InChI=1S/C23H32N4O2/c1-15(2)27-22-18-10-16(17(11-24)12-25)7-8-20(18)26-13-19(22)21(29)6-5-9-23(3,4)14-28/h7-8,10-13,15,24,28H,5-6,9,14,25H2,1-4H3,(H,26,27)/b17-12+,24-11?. The van der Waals surface area contributed by atoms with Gasteiger partial charge in [0.2, 0.25) is 0 Å². The van der Waals surface area contributed by atoms with Crippen molar-refractivity contribution in [2.75, 3.05) is 11.9 Å². The van der Waals surface area contributed by atoms with Gasteiger partial charge in [0.15, 0.2) is 5.78 Å². The summed E-state index contributed by atoms with van der Waals surface area (Å²) in [5.74, 6) is 0.0309. The fourth-order valence-electron chi connectivity index (χ4n) is 3.20. The highest BCUT2D eigenvalue weighted by Crippen LogP contribution is 2.31. The van der Waals surface area contributed by atoms with Crippen LogP contribution in [0, 0.1) is 10.8 Å². The summed E-state index contributed by atoms with van der Waals surface area (Å²) in [5, 5.41) is 21.2. The highest BCUT2D eigenvalue weighted by Gasteiger charge is 2.20. The number of hydrogen-bond acceptors (Lipinski definition) is 6. The van der Waals surface area contributed by atoms with Crippen LogP contribution in [0.2, 0.25) is 0 Å². The number of carbonyl (C=O) groups excluding carboxylic acids is 1. The van der Waals surface area contributed by atoms with Gasteiger partial charge in [-0.2, -0.15) is 0 Å². The number of allylic oxidation sites excluding steroid dienone is 1. The average Bonchev–Trinajstić information content (AvgIpc) is 2.68. The Bertz CT molecular complexity index is 916. The molecule has 156 valence electrons. The second kappa shape index (κ2) is 9.65. The Hall–Kier alpha value is -2.73. The number of nitrogens with zero attached hydrogens (tertiary/aromatic N) is 1. The second-order valence-corrected chi connectivity index (χ2v) is 8.44. The van der Waals surface area contributed by atoms with Crippen molar-refractivity contribution in [1.82, 2.24) is 4.98 Å². The monoisotopic (exact) mass is 396 g/mol. The van der Waals surface area contributed by atoms with Crippen LogP contribution >= 0.6 is 0 Å². The highest BCUT2D eigenvalue weighted by atomic mass is 16.3. The largest absolute Gasteiger partial charge is 0.404 e. The molecule has 2 rings (SSSR count). The number of benzene rings is 1. The first kappa shape index (κ1) is 22.6. The lowest BCUT2D eigenvalue weighted by atomic mass is 9.87. The van der Waals surface area contributed by atoms with E-state index in [1.165, 1.54) is 12.4 Å². The zero-order valence-electron chi connectivity index (χ0n) is 17.7. The lowest BCUT2D eigenvalue weighted by molar-refractivity contribution is 0.0965. The number of fused-ring (bicyclic) bond motifs is 1. The SMILES string of the molecule is CC(C)Nc1c(C(=O)CCCC(C)(C)CO)cnc2ccc(/C(C=N)=C/N)cc12. The molecule has 0 aliphatic rings. The summed E-state index contributed by atoms with van der Waals surface area (Å²) in [6.07, 6.45) is 6.13. The first-order valence-electron chi connectivity index (χ1n) is 9.98. The van der Waals surface area contributed by atoms with E-state index >= 15 is 0 Å². The van der Waals surface area contributed by atoms with Crippen LogP contribution in [0.1, 0.15) is 62.9 Å². The number of aromatic nitrogens is 1. The van der Waals surface area contributed by atoms with Crippen molar-refractivity contribution in [1.29, 1.82) is 5.41 Å². The predicted molar refractivity (Wildman–Crippen MR) is 120 cm³/mol. The van der Waals surface area contributed by atoms with E-state index in [1.54, 1.807) is 6.20 Å². The lowest BCUT2D eigenvalue weighted by Gasteiger charge is -2.21. The maximum atomic E-state index is 13.0. The maximum absolute atomic E-state index is 13.0. The molecule has 0 radical (unpaired) electrons. The molecule has 1 aromatic heterocycles. The number of aliphatic hydroxyl groups is 1. The van der Waals surface area contributed by atoms with Crippen molar-refractivity contribution >= 4 is 34.2 Å². The van der Waals surface area contributed by atoms with Crippen molar-refractivity contribution in [3.8, 4) is 0 Å². The number of aliphatic hydroxyl groups excluding tert-OH is 1. The van der Waals surface area contributed by atoms with Crippen molar-refractivity contribution in [3.63, 3.8) is 0 Å². The molecule has 29 heavy (non-hydrogen) atoms. The van der Waals surface area contributed by atoms with E-state index in [4.69, 9.17) is 11.1 Å². The maximum Gasteiger partial charge on any atom is 0.166 e. The van der Waals surface area contributed by atoms with Crippen LogP contribution in [0.15, 0.2) is 30.6 Å². The van der Waals surface area contributed by atoms with Gasteiger partial charge in [-0.1, -0.05) is 19.9 Å². The number of carbonyl (C=O) groups is 1. The Morgan fingerprint density at radius 2 is 2.10 bits per heavy atom. The number of pyridine rings is 1. The van der Waals surface area contributed by atoms with Gasteiger partial charge < -0.3 is 21.6 Å². The molecular weight excluding hydrogens is 364 g/mol. The van der Waals surface area contributed by atoms with Gasteiger partial charge in [0, 0.05) is 48.6 Å². The Morgan fingerprint density at radius 3 is 2.69 bits per heavy atom. The molecule has 2 aromatic rings. The molecule has 0 aliphatic heterocycles. The van der Waals surface area contributed by atoms with Crippen LogP contribution in [-0.2, 0) is 0 Å². The quantitative estimate of drug-likeness (QED) is 0.352. The minimum absolute atomic E-state index is 0.0309. The fraction of sp³-hybridized carbons (Fsp3) is 0.435. The third-order valence-electron chi connectivity index (χ3n) is 4.96. The van der Waals surface area contributed by atoms with E-state index in [1.807, 2.05) is 45.9 Å². The molecule has 0 aliphatic carbocycles. The summed E-state index contributed by atoms with van der Waals surface area (Å²) in [7, 11) is 0. The second-order valence-electron chi connectivity index (χ2n) is 8.44. The summed E-state index contributed by atoms with van der Waals surface area (Å²) in [4.78, 5) is 17.5. The first-order valence-corrected chi connectivity index (χ1v) is 9.98. The molecular formula is C23H32N4O2. The number of rotatable bonds is 10. The van der Waals surface area contributed by atoms with Crippen molar-refractivity contribution in [2.24, 2.45) is 11.1 Å². The number of nitrogens with two attached hydrogens (primary N) is 1. The molecule has 5 N–H and O–H groups in total. The van der Waals surface area contributed by atoms with E-state index in [0.717, 1.165) is 28.6 Å². The molecule has 0 saturated carbocycles. The Morgan fingerprint density at radius 1 is 1.38 bits per heavy atom. The summed E-state index contributed by atoms with van der Waals surface area (Å²) in [6, 6.07) is 5.80. The van der Waals surface area contributed by atoms with E-state index < -0.39 is 0 Å². The van der Waals surface area contributed by atoms with Gasteiger partial charge in [0.25, 0.3) is 0 Å². The predicted octanol–water partition coefficient (Wildman–Crippen LogP) is 4.38. The van der Waals surface area contributed by atoms with E-state index in [9.17, 15) is 9.90 Å². The molecule has 0 unspecified atom stereocenters. The van der Waals surface area contributed by atoms with Gasteiger partial charge in [-0.05, 0) is 49.8 Å². The summed E-state index contributed by atoms with van der Waals surface area (Å²) in [5.41, 5.74) is 8.97. The van der Waals surface area contributed by atoms with Crippen LogP contribution in [0.25, 0.3) is 16.5 Å². The van der Waals surface area contributed by atoms with Gasteiger partial charge in [-0.25, -0.2) is 0 Å². The topological polar surface area (TPSA) is 112 Å². The number of ketones is 1.